The highest BCUT2D eigenvalue weighted by molar-refractivity contribution is 6.06. The fraction of sp³-hybridized carbons (Fsp3) is 0.182. The van der Waals surface area contributed by atoms with Crippen molar-refractivity contribution in [2.45, 2.75) is 19.5 Å². The van der Waals surface area contributed by atoms with Gasteiger partial charge in [0.1, 0.15) is 5.75 Å². The highest BCUT2D eigenvalue weighted by Crippen LogP contribution is 2.35. The van der Waals surface area contributed by atoms with Gasteiger partial charge in [0.25, 0.3) is 11.8 Å². The number of halogens is 3. The zero-order valence-corrected chi connectivity index (χ0v) is 16.5. The van der Waals surface area contributed by atoms with Crippen molar-refractivity contribution in [3.8, 4) is 5.75 Å². The van der Waals surface area contributed by atoms with Gasteiger partial charge in [-0.1, -0.05) is 6.92 Å². The molecule has 2 amide bonds. The summed E-state index contributed by atoms with van der Waals surface area (Å²) in [6.45, 7) is 2.15. The van der Waals surface area contributed by atoms with Crippen LogP contribution in [0.15, 0.2) is 65.3 Å². The lowest BCUT2D eigenvalue weighted by Gasteiger charge is -2.15. The maximum Gasteiger partial charge on any atom is 0.416 e. The molecule has 0 spiro atoms. The zero-order valence-electron chi connectivity index (χ0n) is 16.5. The number of hydrogen-bond donors (Lipinski definition) is 2. The van der Waals surface area contributed by atoms with Gasteiger partial charge >= 0.3 is 6.18 Å². The molecular weight excluding hydrogens is 413 g/mol. The van der Waals surface area contributed by atoms with E-state index in [1.807, 2.05) is 6.92 Å². The normalized spacial score (nSPS) is 11.1. The van der Waals surface area contributed by atoms with E-state index in [9.17, 15) is 22.8 Å². The molecule has 9 heteroatoms. The average Bonchev–Trinajstić information content (AvgIpc) is 3.27. The number of ether oxygens (including phenoxy) is 1. The predicted molar refractivity (Wildman–Crippen MR) is 108 cm³/mol. The number of carbonyl (C=O) groups excluding carboxylic acids is 2. The van der Waals surface area contributed by atoms with Crippen molar-refractivity contribution in [1.82, 2.24) is 0 Å². The molecule has 0 unspecified atom stereocenters. The molecule has 3 rings (SSSR count). The van der Waals surface area contributed by atoms with E-state index in [1.165, 1.54) is 42.7 Å². The molecule has 0 fully saturated rings. The Morgan fingerprint density at radius 3 is 2.35 bits per heavy atom. The van der Waals surface area contributed by atoms with Crippen LogP contribution in [0.3, 0.4) is 0 Å². The maximum atomic E-state index is 13.1. The fourth-order valence-electron chi connectivity index (χ4n) is 2.64. The van der Waals surface area contributed by atoms with E-state index in [0.717, 1.165) is 12.1 Å². The first-order valence-electron chi connectivity index (χ1n) is 9.38. The molecule has 31 heavy (non-hydrogen) atoms. The van der Waals surface area contributed by atoms with Crippen LogP contribution in [0.25, 0.3) is 0 Å². The van der Waals surface area contributed by atoms with Crippen LogP contribution in [-0.2, 0) is 6.18 Å². The summed E-state index contributed by atoms with van der Waals surface area (Å²) in [5.74, 6) is -0.801. The number of rotatable bonds is 7. The van der Waals surface area contributed by atoms with E-state index >= 15 is 0 Å². The molecule has 162 valence electrons. The van der Waals surface area contributed by atoms with Gasteiger partial charge in [-0.25, -0.2) is 0 Å². The number of nitrogens with one attached hydrogen (secondary N) is 2. The predicted octanol–water partition coefficient (Wildman–Crippen LogP) is 5.59. The Labute approximate surface area is 176 Å². The van der Waals surface area contributed by atoms with Gasteiger partial charge in [-0.15, -0.1) is 0 Å². The Hall–Kier alpha value is -3.75. The van der Waals surface area contributed by atoms with Crippen LogP contribution < -0.4 is 15.4 Å². The van der Waals surface area contributed by atoms with Crippen LogP contribution in [0.2, 0.25) is 0 Å². The number of furan rings is 1. The highest BCUT2D eigenvalue weighted by atomic mass is 19.4. The van der Waals surface area contributed by atoms with E-state index in [4.69, 9.17) is 9.15 Å². The molecule has 6 nitrogen and oxygen atoms in total. The molecule has 2 N–H and O–H groups in total. The van der Waals surface area contributed by atoms with Crippen LogP contribution in [0.1, 0.15) is 39.8 Å². The lowest BCUT2D eigenvalue weighted by molar-refractivity contribution is -0.137. The molecule has 0 aliphatic heterocycles. The Kier molecular flexibility index (Phi) is 6.64. The smallest absolute Gasteiger partial charge is 0.416 e. The van der Waals surface area contributed by atoms with Crippen LogP contribution in [0.4, 0.5) is 24.5 Å². The van der Waals surface area contributed by atoms with E-state index in [2.05, 4.69) is 10.6 Å². The van der Waals surface area contributed by atoms with Gasteiger partial charge in [0.05, 0.1) is 24.1 Å². The SMILES string of the molecule is CCCOc1ccc(C(F)(F)F)cc1NC(=O)c1ccc(NC(=O)c2ccco2)cc1. The summed E-state index contributed by atoms with van der Waals surface area (Å²) in [5, 5.41) is 5.07. The Morgan fingerprint density at radius 2 is 1.74 bits per heavy atom. The van der Waals surface area contributed by atoms with Gasteiger partial charge < -0.3 is 19.8 Å². The number of hydrogen-bond acceptors (Lipinski definition) is 4. The molecule has 2 aromatic carbocycles. The third-order valence-electron chi connectivity index (χ3n) is 4.17. The van der Waals surface area contributed by atoms with E-state index in [0.29, 0.717) is 12.1 Å². The summed E-state index contributed by atoms with van der Waals surface area (Å²) >= 11 is 0. The van der Waals surface area contributed by atoms with Crippen molar-refractivity contribution in [1.29, 1.82) is 0 Å². The summed E-state index contributed by atoms with van der Waals surface area (Å²) in [5.41, 5.74) is -0.370. The van der Waals surface area contributed by atoms with Crippen molar-refractivity contribution in [2.75, 3.05) is 17.2 Å². The molecule has 1 heterocycles. The second-order valence-electron chi connectivity index (χ2n) is 6.52. The topological polar surface area (TPSA) is 80.6 Å². The minimum absolute atomic E-state index is 0.0801. The third-order valence-corrected chi connectivity index (χ3v) is 4.17. The first-order chi connectivity index (χ1) is 14.8. The van der Waals surface area contributed by atoms with Crippen molar-refractivity contribution in [2.24, 2.45) is 0 Å². The second kappa shape index (κ2) is 9.38. The molecule has 0 atom stereocenters. The van der Waals surface area contributed by atoms with Gasteiger partial charge in [0.15, 0.2) is 5.76 Å². The van der Waals surface area contributed by atoms with Gasteiger partial charge in [0, 0.05) is 11.3 Å². The number of anilines is 2. The van der Waals surface area contributed by atoms with Crippen molar-refractivity contribution in [3.63, 3.8) is 0 Å². The van der Waals surface area contributed by atoms with Gasteiger partial charge in [-0.05, 0) is 61.0 Å². The summed E-state index contributed by atoms with van der Waals surface area (Å²) in [7, 11) is 0. The van der Waals surface area contributed by atoms with E-state index < -0.39 is 23.6 Å². The number of alkyl halides is 3. The summed E-state index contributed by atoms with van der Waals surface area (Å²) in [6.07, 6.45) is -2.54. The largest absolute Gasteiger partial charge is 0.491 e. The van der Waals surface area contributed by atoms with Crippen molar-refractivity contribution < 1.29 is 31.9 Å². The Balaban J connectivity index is 1.75. The maximum absolute atomic E-state index is 13.1. The average molecular weight is 432 g/mol. The number of carbonyl (C=O) groups is 2. The minimum Gasteiger partial charge on any atom is -0.491 e. The molecule has 0 saturated heterocycles. The highest BCUT2D eigenvalue weighted by Gasteiger charge is 2.31. The molecule has 3 aromatic rings. The first-order valence-corrected chi connectivity index (χ1v) is 9.38. The second-order valence-corrected chi connectivity index (χ2v) is 6.52. The van der Waals surface area contributed by atoms with Gasteiger partial charge in [0.2, 0.25) is 0 Å². The van der Waals surface area contributed by atoms with Crippen LogP contribution in [0, 0.1) is 0 Å². The molecule has 0 saturated carbocycles. The molecule has 0 aliphatic carbocycles. The molecule has 1 aromatic heterocycles. The molecular formula is C22H19F3N2O4. The standard InChI is InChI=1S/C22H19F3N2O4/c1-2-11-30-18-10-7-15(22(23,24)25)13-17(18)27-20(28)14-5-8-16(9-6-14)26-21(29)19-4-3-12-31-19/h3-10,12-13H,2,11H2,1H3,(H,26,29)(H,27,28). The van der Waals surface area contributed by atoms with Crippen molar-refractivity contribution >= 4 is 23.2 Å². The molecule has 0 bridgehead atoms. The summed E-state index contributed by atoms with van der Waals surface area (Å²) in [6, 6.07) is 11.9. The number of benzene rings is 2. The Bertz CT molecular complexity index is 1050. The minimum atomic E-state index is -4.56. The zero-order chi connectivity index (χ0) is 22.4. The molecule has 0 aliphatic rings. The van der Waals surface area contributed by atoms with Crippen LogP contribution >= 0.6 is 0 Å². The lowest BCUT2D eigenvalue weighted by atomic mass is 10.1. The summed E-state index contributed by atoms with van der Waals surface area (Å²) in [4.78, 5) is 24.6. The Morgan fingerprint density at radius 1 is 1.00 bits per heavy atom. The van der Waals surface area contributed by atoms with Crippen LogP contribution in [-0.4, -0.2) is 18.4 Å². The van der Waals surface area contributed by atoms with Gasteiger partial charge in [-0.2, -0.15) is 13.2 Å². The van der Waals surface area contributed by atoms with Gasteiger partial charge in [-0.3, -0.25) is 9.59 Å². The third kappa shape index (κ3) is 5.65. The fourth-order valence-corrected chi connectivity index (χ4v) is 2.64. The van der Waals surface area contributed by atoms with E-state index in [-0.39, 0.29) is 29.4 Å². The quantitative estimate of drug-likeness (QED) is 0.510. The summed E-state index contributed by atoms with van der Waals surface area (Å²) < 4.78 is 49.7. The molecule has 0 radical (unpaired) electrons. The first kappa shape index (κ1) is 21.9. The van der Waals surface area contributed by atoms with Crippen molar-refractivity contribution in [3.05, 3.63) is 77.7 Å². The lowest BCUT2D eigenvalue weighted by Crippen LogP contribution is -2.15. The number of amides is 2. The van der Waals surface area contributed by atoms with E-state index in [1.54, 1.807) is 6.07 Å². The monoisotopic (exact) mass is 432 g/mol. The van der Waals surface area contributed by atoms with Crippen LogP contribution in [0.5, 0.6) is 5.75 Å².